The maximum atomic E-state index is 11.9. The number of amides is 1. The molecular formula is C16H19N3O2. The third-order valence-electron chi connectivity index (χ3n) is 3.00. The van der Waals surface area contributed by atoms with Crippen LogP contribution in [-0.4, -0.2) is 19.6 Å². The largest absolute Gasteiger partial charge is 0.497 e. The van der Waals surface area contributed by atoms with Crippen LogP contribution in [0.15, 0.2) is 42.5 Å². The Balaban J connectivity index is 2.26. The summed E-state index contributed by atoms with van der Waals surface area (Å²) in [7, 11) is 1.61. The standard InChI is InChI=1S/C16H19N3O2/c1-3-18-16(20)11-7-8-14(17)15(9-11)19-12-5-4-6-13(10-12)21-2/h4-10,19H,3,17H2,1-2H3,(H,18,20). The van der Waals surface area contributed by atoms with Gasteiger partial charge in [0.05, 0.1) is 18.5 Å². The Labute approximate surface area is 124 Å². The number of rotatable bonds is 5. The number of carbonyl (C=O) groups excluding carboxylic acids is 1. The van der Waals surface area contributed by atoms with Gasteiger partial charge < -0.3 is 21.1 Å². The van der Waals surface area contributed by atoms with Crippen LogP contribution in [0.3, 0.4) is 0 Å². The lowest BCUT2D eigenvalue weighted by Gasteiger charge is -2.12. The first-order chi connectivity index (χ1) is 10.1. The molecule has 2 aromatic carbocycles. The van der Waals surface area contributed by atoms with Crippen molar-refractivity contribution in [1.82, 2.24) is 5.32 Å². The van der Waals surface area contributed by atoms with Crippen LogP contribution in [0.25, 0.3) is 0 Å². The maximum absolute atomic E-state index is 11.9. The molecule has 0 aliphatic rings. The van der Waals surface area contributed by atoms with Crippen molar-refractivity contribution in [1.29, 1.82) is 0 Å². The minimum Gasteiger partial charge on any atom is -0.497 e. The van der Waals surface area contributed by atoms with Crippen molar-refractivity contribution in [2.45, 2.75) is 6.92 Å². The number of hydrogen-bond donors (Lipinski definition) is 3. The van der Waals surface area contributed by atoms with E-state index in [0.717, 1.165) is 11.4 Å². The highest BCUT2D eigenvalue weighted by Gasteiger charge is 2.08. The molecule has 0 spiro atoms. The monoisotopic (exact) mass is 285 g/mol. The molecule has 0 aliphatic heterocycles. The van der Waals surface area contributed by atoms with Gasteiger partial charge in [-0.1, -0.05) is 6.07 Å². The lowest BCUT2D eigenvalue weighted by Crippen LogP contribution is -2.22. The van der Waals surface area contributed by atoms with Crippen molar-refractivity contribution in [3.63, 3.8) is 0 Å². The molecule has 0 unspecified atom stereocenters. The molecule has 5 heteroatoms. The molecule has 2 aromatic rings. The quantitative estimate of drug-likeness (QED) is 0.738. The number of nitrogen functional groups attached to an aromatic ring is 1. The SMILES string of the molecule is CCNC(=O)c1ccc(N)c(Nc2cccc(OC)c2)c1. The zero-order valence-corrected chi connectivity index (χ0v) is 12.1. The van der Waals surface area contributed by atoms with Crippen LogP contribution in [0.1, 0.15) is 17.3 Å². The van der Waals surface area contributed by atoms with E-state index in [1.807, 2.05) is 31.2 Å². The van der Waals surface area contributed by atoms with Gasteiger partial charge in [0.25, 0.3) is 5.91 Å². The molecule has 0 bridgehead atoms. The summed E-state index contributed by atoms with van der Waals surface area (Å²) in [6.07, 6.45) is 0. The minimum absolute atomic E-state index is 0.119. The van der Waals surface area contributed by atoms with E-state index >= 15 is 0 Å². The van der Waals surface area contributed by atoms with Crippen molar-refractivity contribution in [3.05, 3.63) is 48.0 Å². The van der Waals surface area contributed by atoms with Crippen LogP contribution in [0.5, 0.6) is 5.75 Å². The molecule has 21 heavy (non-hydrogen) atoms. The van der Waals surface area contributed by atoms with E-state index in [0.29, 0.717) is 23.5 Å². The van der Waals surface area contributed by atoms with Crippen LogP contribution in [0, 0.1) is 0 Å². The summed E-state index contributed by atoms with van der Waals surface area (Å²) in [5.41, 5.74) is 8.63. The maximum Gasteiger partial charge on any atom is 0.251 e. The van der Waals surface area contributed by atoms with Gasteiger partial charge in [-0.3, -0.25) is 4.79 Å². The molecule has 0 saturated heterocycles. The fourth-order valence-electron chi connectivity index (χ4n) is 1.92. The average molecular weight is 285 g/mol. The van der Waals surface area contributed by atoms with Crippen LogP contribution in [-0.2, 0) is 0 Å². The summed E-state index contributed by atoms with van der Waals surface area (Å²) in [5.74, 6) is 0.629. The first kappa shape index (κ1) is 14.7. The number of anilines is 3. The Morgan fingerprint density at radius 2 is 2.05 bits per heavy atom. The van der Waals surface area contributed by atoms with E-state index in [2.05, 4.69) is 10.6 Å². The number of carbonyl (C=O) groups is 1. The molecule has 0 aliphatic carbocycles. The van der Waals surface area contributed by atoms with Crippen molar-refractivity contribution in [2.75, 3.05) is 24.7 Å². The minimum atomic E-state index is -0.119. The normalized spacial score (nSPS) is 10.0. The van der Waals surface area contributed by atoms with Gasteiger partial charge in [0.15, 0.2) is 0 Å². The number of benzene rings is 2. The zero-order chi connectivity index (χ0) is 15.2. The van der Waals surface area contributed by atoms with Gasteiger partial charge >= 0.3 is 0 Å². The van der Waals surface area contributed by atoms with Crippen LogP contribution in [0.2, 0.25) is 0 Å². The molecule has 0 heterocycles. The van der Waals surface area contributed by atoms with E-state index in [4.69, 9.17) is 10.5 Å². The van der Waals surface area contributed by atoms with Gasteiger partial charge in [-0.05, 0) is 37.3 Å². The van der Waals surface area contributed by atoms with Crippen molar-refractivity contribution >= 4 is 23.0 Å². The van der Waals surface area contributed by atoms with Crippen molar-refractivity contribution in [2.24, 2.45) is 0 Å². The topological polar surface area (TPSA) is 76.4 Å². The smallest absolute Gasteiger partial charge is 0.251 e. The Morgan fingerprint density at radius 1 is 1.24 bits per heavy atom. The molecule has 0 fully saturated rings. The Morgan fingerprint density at radius 3 is 2.76 bits per heavy atom. The van der Waals surface area contributed by atoms with Crippen LogP contribution in [0.4, 0.5) is 17.1 Å². The van der Waals surface area contributed by atoms with Gasteiger partial charge in [-0.25, -0.2) is 0 Å². The highest BCUT2D eigenvalue weighted by Crippen LogP contribution is 2.26. The summed E-state index contributed by atoms with van der Waals surface area (Å²) in [4.78, 5) is 11.9. The van der Waals surface area contributed by atoms with Crippen molar-refractivity contribution < 1.29 is 9.53 Å². The first-order valence-electron chi connectivity index (χ1n) is 6.73. The summed E-state index contributed by atoms with van der Waals surface area (Å²) in [6.45, 7) is 2.46. The second-order valence-corrected chi connectivity index (χ2v) is 4.52. The van der Waals surface area contributed by atoms with E-state index < -0.39 is 0 Å². The number of ether oxygens (including phenoxy) is 1. The van der Waals surface area contributed by atoms with E-state index in [1.165, 1.54) is 0 Å². The molecule has 1 amide bonds. The average Bonchev–Trinajstić information content (AvgIpc) is 2.50. The van der Waals surface area contributed by atoms with Crippen molar-refractivity contribution in [3.8, 4) is 5.75 Å². The van der Waals surface area contributed by atoms with Crippen LogP contribution >= 0.6 is 0 Å². The Bertz CT molecular complexity index is 641. The zero-order valence-electron chi connectivity index (χ0n) is 12.1. The van der Waals surface area contributed by atoms with Gasteiger partial charge in [0.1, 0.15) is 5.75 Å². The molecule has 0 aromatic heterocycles. The van der Waals surface area contributed by atoms with E-state index in [1.54, 1.807) is 25.3 Å². The molecule has 0 saturated carbocycles. The fraction of sp³-hybridized carbons (Fsp3) is 0.188. The molecular weight excluding hydrogens is 266 g/mol. The second kappa shape index (κ2) is 6.65. The van der Waals surface area contributed by atoms with Gasteiger partial charge in [-0.2, -0.15) is 0 Å². The highest BCUT2D eigenvalue weighted by molar-refractivity contribution is 5.96. The molecule has 4 N–H and O–H groups in total. The van der Waals surface area contributed by atoms with Gasteiger partial charge in [0.2, 0.25) is 0 Å². The number of nitrogens with one attached hydrogen (secondary N) is 2. The highest BCUT2D eigenvalue weighted by atomic mass is 16.5. The fourth-order valence-corrected chi connectivity index (χ4v) is 1.92. The number of methoxy groups -OCH3 is 1. The predicted octanol–water partition coefficient (Wildman–Crippen LogP) is 2.77. The summed E-state index contributed by atoms with van der Waals surface area (Å²) < 4.78 is 5.18. The molecule has 0 atom stereocenters. The van der Waals surface area contributed by atoms with Gasteiger partial charge in [0, 0.05) is 23.9 Å². The lowest BCUT2D eigenvalue weighted by atomic mass is 10.1. The first-order valence-corrected chi connectivity index (χ1v) is 6.73. The lowest BCUT2D eigenvalue weighted by molar-refractivity contribution is 0.0956. The third-order valence-corrected chi connectivity index (χ3v) is 3.00. The predicted molar refractivity (Wildman–Crippen MR) is 85.1 cm³/mol. The molecule has 2 rings (SSSR count). The second-order valence-electron chi connectivity index (χ2n) is 4.52. The number of nitrogens with two attached hydrogens (primary N) is 1. The molecule has 110 valence electrons. The van der Waals surface area contributed by atoms with E-state index in [-0.39, 0.29) is 5.91 Å². The summed E-state index contributed by atoms with van der Waals surface area (Å²) in [6, 6.07) is 12.7. The van der Waals surface area contributed by atoms with Gasteiger partial charge in [-0.15, -0.1) is 0 Å². The Hall–Kier alpha value is -2.69. The molecule has 5 nitrogen and oxygen atoms in total. The number of hydrogen-bond acceptors (Lipinski definition) is 4. The summed E-state index contributed by atoms with van der Waals surface area (Å²) >= 11 is 0. The third kappa shape index (κ3) is 3.66. The Kier molecular flexibility index (Phi) is 4.66. The van der Waals surface area contributed by atoms with E-state index in [9.17, 15) is 4.79 Å². The van der Waals surface area contributed by atoms with Crippen LogP contribution < -0.4 is 21.1 Å². The summed E-state index contributed by atoms with van der Waals surface area (Å²) in [5, 5.41) is 5.96. The molecule has 0 radical (unpaired) electrons.